The van der Waals surface area contributed by atoms with Crippen LogP contribution in [0.3, 0.4) is 0 Å². The second-order valence-electron chi connectivity index (χ2n) is 8.00. The number of nitrogens with one attached hydrogen (secondary N) is 2. The largest absolute Gasteiger partial charge is 0.409 e. The zero-order valence-electron chi connectivity index (χ0n) is 20.2. The molecule has 10 heteroatoms. The van der Waals surface area contributed by atoms with Crippen LogP contribution in [0.15, 0.2) is 88.8 Å². The minimum atomic E-state index is -1.23. The van der Waals surface area contributed by atoms with E-state index in [1.54, 1.807) is 25.4 Å². The van der Waals surface area contributed by atoms with Gasteiger partial charge < -0.3 is 31.7 Å². The van der Waals surface area contributed by atoms with Crippen molar-refractivity contribution in [1.82, 2.24) is 4.98 Å². The molecule has 0 aliphatic carbocycles. The number of allylic oxidation sites excluding steroid dienone is 1. The molecule has 2 heterocycles. The summed E-state index contributed by atoms with van der Waals surface area (Å²) in [5, 5.41) is 10.7. The van der Waals surface area contributed by atoms with Crippen molar-refractivity contribution in [3.63, 3.8) is 0 Å². The summed E-state index contributed by atoms with van der Waals surface area (Å²) in [5.41, 5.74) is 16.5. The summed E-state index contributed by atoms with van der Waals surface area (Å²) < 4.78 is 10.7. The van der Waals surface area contributed by atoms with Crippen LogP contribution in [0.2, 0.25) is 0 Å². The molecule has 1 aliphatic heterocycles. The molecule has 1 aromatic heterocycles. The highest BCUT2D eigenvalue weighted by atomic mass is 16.5. The molecule has 1 aliphatic rings. The maximum Gasteiger partial charge on any atom is 0.291 e. The molecule has 4 rings (SSSR count). The van der Waals surface area contributed by atoms with Crippen LogP contribution in [0.25, 0.3) is 5.57 Å². The molecule has 2 aromatic carbocycles. The highest BCUT2D eigenvalue weighted by Crippen LogP contribution is 2.24. The Morgan fingerprint density at radius 1 is 1.11 bits per heavy atom. The average Bonchev–Trinajstić information content (AvgIpc) is 3.05. The van der Waals surface area contributed by atoms with Crippen molar-refractivity contribution in [1.29, 1.82) is 5.41 Å². The van der Waals surface area contributed by atoms with E-state index in [4.69, 9.17) is 26.4 Å². The lowest BCUT2D eigenvalue weighted by atomic mass is 10.0. The summed E-state index contributed by atoms with van der Waals surface area (Å²) in [6, 6.07) is 20.1. The van der Waals surface area contributed by atoms with E-state index in [9.17, 15) is 4.79 Å². The molecule has 0 radical (unpaired) electrons. The van der Waals surface area contributed by atoms with Crippen LogP contribution in [0.1, 0.15) is 22.4 Å². The van der Waals surface area contributed by atoms with Crippen molar-refractivity contribution in [2.45, 2.75) is 12.6 Å². The maximum atomic E-state index is 13.0. The predicted octanol–water partition coefficient (Wildman–Crippen LogP) is 2.69. The van der Waals surface area contributed by atoms with E-state index in [0.29, 0.717) is 30.1 Å². The zero-order chi connectivity index (χ0) is 26.2. The van der Waals surface area contributed by atoms with Gasteiger partial charge in [-0.3, -0.25) is 9.78 Å². The number of anilines is 1. The van der Waals surface area contributed by atoms with Crippen molar-refractivity contribution >= 4 is 35.1 Å². The van der Waals surface area contributed by atoms with Crippen LogP contribution < -0.4 is 16.8 Å². The third-order valence-electron chi connectivity index (χ3n) is 5.57. The van der Waals surface area contributed by atoms with E-state index in [-0.39, 0.29) is 17.5 Å². The molecule has 6 N–H and O–H groups in total. The average molecular weight is 498 g/mol. The van der Waals surface area contributed by atoms with Gasteiger partial charge in [-0.25, -0.2) is 4.99 Å². The molecule has 0 saturated heterocycles. The number of benzene rings is 2. The topological polar surface area (TPSA) is 161 Å². The van der Waals surface area contributed by atoms with E-state index in [2.05, 4.69) is 20.3 Å². The van der Waals surface area contributed by atoms with Crippen LogP contribution in [-0.4, -0.2) is 48.7 Å². The Morgan fingerprint density at radius 2 is 1.86 bits per heavy atom. The summed E-state index contributed by atoms with van der Waals surface area (Å²) >= 11 is 0. The van der Waals surface area contributed by atoms with Gasteiger partial charge in [-0.1, -0.05) is 54.6 Å². The van der Waals surface area contributed by atoms with Gasteiger partial charge in [0, 0.05) is 30.6 Å². The third kappa shape index (κ3) is 5.88. The van der Waals surface area contributed by atoms with E-state index < -0.39 is 12.1 Å². The number of aliphatic imine (C=N–C) groups is 2. The lowest BCUT2D eigenvalue weighted by molar-refractivity contribution is -0.117. The Balaban J connectivity index is 1.68. The molecule has 0 saturated carbocycles. The van der Waals surface area contributed by atoms with Crippen LogP contribution >= 0.6 is 0 Å². The van der Waals surface area contributed by atoms with E-state index in [0.717, 1.165) is 22.9 Å². The third-order valence-corrected chi connectivity index (χ3v) is 5.57. The molecule has 0 bridgehead atoms. The number of amidine groups is 1. The summed E-state index contributed by atoms with van der Waals surface area (Å²) in [6.45, 7) is 0.468. The molecule has 1 atom stereocenters. The van der Waals surface area contributed by atoms with Gasteiger partial charge in [0.15, 0.2) is 0 Å². The van der Waals surface area contributed by atoms with Gasteiger partial charge in [0.05, 0.1) is 29.3 Å². The number of para-hydroxylation sites is 1. The second-order valence-corrected chi connectivity index (χ2v) is 8.00. The predicted molar refractivity (Wildman–Crippen MR) is 143 cm³/mol. The maximum absolute atomic E-state index is 13.0. The Morgan fingerprint density at radius 3 is 2.62 bits per heavy atom. The molecule has 0 spiro atoms. The highest BCUT2D eigenvalue weighted by molar-refractivity contribution is 6.19. The minimum Gasteiger partial charge on any atom is -0.409 e. The van der Waals surface area contributed by atoms with E-state index in [1.807, 2.05) is 54.6 Å². The first-order valence-electron chi connectivity index (χ1n) is 11.5. The van der Waals surface area contributed by atoms with Gasteiger partial charge in [0.2, 0.25) is 12.0 Å². The number of rotatable bonds is 8. The van der Waals surface area contributed by atoms with Gasteiger partial charge >= 0.3 is 0 Å². The SMILES string of the molecule is COCCc1cccnc1C(C=N)=C(N)OC(N)=NC1N=C(c2ccccc2)c2ccccc2NC1=O. The molecular formula is C27H27N7O3. The number of methoxy groups -OCH3 is 1. The monoisotopic (exact) mass is 497 g/mol. The number of nitrogens with two attached hydrogens (primary N) is 2. The molecule has 1 amide bonds. The standard InChI is InChI=1S/C27H27N7O3/c1-36-15-13-18-10-7-14-31-22(18)20(16-28)24(29)37-27(30)34-25-26(35)32-21-12-6-5-11-19(21)23(33-25)17-8-3-2-4-9-17/h2-12,14,16,25,28H,13,15,29H2,1H3,(H2,30,34)(H,32,35). The van der Waals surface area contributed by atoms with Crippen molar-refractivity contribution in [3.05, 3.63) is 101 Å². The summed E-state index contributed by atoms with van der Waals surface area (Å²) in [7, 11) is 1.60. The van der Waals surface area contributed by atoms with Gasteiger partial charge in [-0.05, 0) is 24.1 Å². The number of nitrogens with zero attached hydrogens (tertiary/aromatic N) is 3. The number of fused-ring (bicyclic) bond motifs is 1. The highest BCUT2D eigenvalue weighted by Gasteiger charge is 2.26. The van der Waals surface area contributed by atoms with Gasteiger partial charge in [0.1, 0.15) is 0 Å². The number of hydrogen-bond donors (Lipinski definition) is 4. The Hall–Kier alpha value is -4.83. The molecule has 0 fully saturated rings. The number of aromatic nitrogens is 1. The first kappa shape index (κ1) is 25.3. The number of hydrogen-bond acceptors (Lipinski definition) is 8. The number of amides is 1. The second kappa shape index (κ2) is 11.7. The normalized spacial score (nSPS) is 16.0. The number of ether oxygens (including phenoxy) is 2. The molecule has 3 aromatic rings. The smallest absolute Gasteiger partial charge is 0.291 e. The summed E-state index contributed by atoms with van der Waals surface area (Å²) in [4.78, 5) is 26.2. The van der Waals surface area contributed by atoms with Crippen molar-refractivity contribution in [2.24, 2.45) is 21.5 Å². The lowest BCUT2D eigenvalue weighted by Gasteiger charge is -2.13. The van der Waals surface area contributed by atoms with Crippen molar-refractivity contribution in [3.8, 4) is 0 Å². The fraction of sp³-hybridized carbons (Fsp3) is 0.148. The summed E-state index contributed by atoms with van der Waals surface area (Å²) in [6.07, 6.45) is 1.95. The number of pyridine rings is 1. The van der Waals surface area contributed by atoms with Crippen molar-refractivity contribution < 1.29 is 14.3 Å². The molecule has 37 heavy (non-hydrogen) atoms. The molecular weight excluding hydrogens is 470 g/mol. The van der Waals surface area contributed by atoms with Crippen molar-refractivity contribution in [2.75, 3.05) is 19.0 Å². The molecule has 188 valence electrons. The van der Waals surface area contributed by atoms with Crippen LogP contribution in [0.5, 0.6) is 0 Å². The fourth-order valence-corrected chi connectivity index (χ4v) is 3.83. The Kier molecular flexibility index (Phi) is 8.01. The Labute approximate surface area is 214 Å². The van der Waals surface area contributed by atoms with Crippen LogP contribution in [0.4, 0.5) is 5.69 Å². The van der Waals surface area contributed by atoms with Gasteiger partial charge in [-0.2, -0.15) is 4.99 Å². The number of carbonyl (C=O) groups is 1. The van der Waals surface area contributed by atoms with E-state index >= 15 is 0 Å². The fourth-order valence-electron chi connectivity index (χ4n) is 3.83. The zero-order valence-corrected chi connectivity index (χ0v) is 20.2. The van der Waals surface area contributed by atoms with Crippen LogP contribution in [-0.2, 0) is 20.7 Å². The first-order chi connectivity index (χ1) is 18.0. The van der Waals surface area contributed by atoms with Crippen LogP contribution in [0, 0.1) is 5.41 Å². The minimum absolute atomic E-state index is 0.182. The quantitative estimate of drug-likeness (QED) is 0.213. The number of benzodiazepines with no additional fused rings is 1. The summed E-state index contributed by atoms with van der Waals surface area (Å²) in [5.74, 6) is -0.662. The Bertz CT molecular complexity index is 1380. The first-order valence-corrected chi connectivity index (χ1v) is 11.5. The van der Waals surface area contributed by atoms with Gasteiger partial charge in [-0.15, -0.1) is 0 Å². The lowest BCUT2D eigenvalue weighted by Crippen LogP contribution is -2.29. The molecule has 10 nitrogen and oxygen atoms in total. The number of carbonyl (C=O) groups excluding carboxylic acids is 1. The molecule has 1 unspecified atom stereocenters. The van der Waals surface area contributed by atoms with Gasteiger partial charge in [0.25, 0.3) is 11.9 Å². The van der Waals surface area contributed by atoms with E-state index in [1.165, 1.54) is 0 Å².